The summed E-state index contributed by atoms with van der Waals surface area (Å²) in [5.74, 6) is -5.70. The molecule has 0 saturated carbocycles. The molecule has 33 heteroatoms. The van der Waals surface area contributed by atoms with E-state index in [1.165, 1.54) is 25.1 Å². The molecule has 8 rings (SSSR count). The van der Waals surface area contributed by atoms with Crippen molar-refractivity contribution in [1.82, 2.24) is 19.9 Å². The van der Waals surface area contributed by atoms with Crippen molar-refractivity contribution in [3.05, 3.63) is 95.8 Å². The van der Waals surface area contributed by atoms with Gasteiger partial charge in [-0.25, -0.2) is 14.4 Å². The van der Waals surface area contributed by atoms with Crippen LogP contribution in [0.3, 0.4) is 0 Å². The highest BCUT2D eigenvalue weighted by molar-refractivity contribution is 7.86. The number of nitrogens with zero attached hydrogens (tertiary/aromatic N) is 7. The van der Waals surface area contributed by atoms with Crippen LogP contribution in [0.2, 0.25) is 15.3 Å². The second kappa shape index (κ2) is 18.0. The number of rotatable bonds is 13. The third-order valence-corrected chi connectivity index (χ3v) is 13.3. The van der Waals surface area contributed by atoms with Gasteiger partial charge in [0.15, 0.2) is 32.8 Å². The minimum Gasteiger partial charge on any atom is -0.493 e. The third-order valence-electron chi connectivity index (χ3n) is 9.76. The molecule has 2 aliphatic rings. The van der Waals surface area contributed by atoms with E-state index in [1.807, 2.05) is 4.98 Å². The van der Waals surface area contributed by atoms with Gasteiger partial charge in [-0.2, -0.15) is 40.2 Å². The van der Waals surface area contributed by atoms with E-state index in [-0.39, 0.29) is 73.5 Å². The first-order chi connectivity index (χ1) is 32.7. The zero-order valence-corrected chi connectivity index (χ0v) is 39.4. The Morgan fingerprint density at radius 3 is 2.00 bits per heavy atom. The van der Waals surface area contributed by atoms with Gasteiger partial charge in [0.2, 0.25) is 23.1 Å². The Labute approximate surface area is 405 Å². The molecular formula is C37H26Cl3FN12O14S3. The van der Waals surface area contributed by atoms with Crippen LogP contribution in [-0.2, 0) is 30.4 Å². The second-order valence-electron chi connectivity index (χ2n) is 14.6. The van der Waals surface area contributed by atoms with Gasteiger partial charge in [-0.1, -0.05) is 23.2 Å². The molecule has 10 N–H and O–H groups in total. The number of aromatic nitrogens is 4. The normalized spacial score (nSPS) is 13.3. The molecule has 26 nitrogen and oxygen atoms in total. The molecule has 0 spiro atoms. The first kappa shape index (κ1) is 49.3. The summed E-state index contributed by atoms with van der Waals surface area (Å²) in [7, 11) is -15.3. The van der Waals surface area contributed by atoms with Gasteiger partial charge < -0.3 is 36.3 Å². The molecule has 4 aromatic carbocycles. The van der Waals surface area contributed by atoms with Crippen LogP contribution in [0, 0.1) is 12.7 Å². The first-order valence-corrected chi connectivity index (χ1v) is 24.4. The average molecular weight is 1080 g/mol. The predicted octanol–water partition coefficient (Wildman–Crippen LogP) is 5.70. The Bertz CT molecular complexity index is 3890. The molecule has 2 aliphatic heterocycles. The minimum absolute atomic E-state index is 0.0358. The SMILES string of the molecule is Cc1c(N=Nc2cc(Nc3nc(Cl)nc(NC(C)CNc4ccc5c(c4S(=O)(=O)O)Oc4c(Cl)c6c(c(Cl)c4=N5)Oc4c(ccc(F)c4S(=O)(=O)O)N=6)n3)ccc2S(=O)(=O)O)c(O)[nH]c(=O)c1C(N)=O. The summed E-state index contributed by atoms with van der Waals surface area (Å²) in [5.41, 5.74) is 1.89. The average Bonchev–Trinajstić information content (AvgIpc) is 3.24. The van der Waals surface area contributed by atoms with E-state index in [2.05, 4.69) is 51.1 Å². The minimum atomic E-state index is -5.18. The number of azo groups is 1. The number of nitrogens with one attached hydrogen (secondary N) is 4. The van der Waals surface area contributed by atoms with Crippen molar-refractivity contribution in [3.63, 3.8) is 0 Å². The van der Waals surface area contributed by atoms with Gasteiger partial charge in [-0.05, 0) is 67.9 Å². The van der Waals surface area contributed by atoms with E-state index < -0.39 is 113 Å². The summed E-state index contributed by atoms with van der Waals surface area (Å²) in [6.45, 7) is 2.71. The van der Waals surface area contributed by atoms with Gasteiger partial charge in [0.1, 0.15) is 59.8 Å². The molecule has 0 bridgehead atoms. The van der Waals surface area contributed by atoms with Crippen molar-refractivity contribution < 1.29 is 62.7 Å². The van der Waals surface area contributed by atoms with Crippen LogP contribution in [0.15, 0.2) is 82.2 Å². The number of hydrogen-bond acceptors (Lipinski definition) is 21. The first-order valence-electron chi connectivity index (χ1n) is 19.0. The van der Waals surface area contributed by atoms with Crippen molar-refractivity contribution >= 4 is 117 Å². The van der Waals surface area contributed by atoms with Crippen LogP contribution in [0.5, 0.6) is 28.9 Å². The number of fused-ring (bicyclic) bond motifs is 4. The Balaban J connectivity index is 1.04. The number of nitrogens with two attached hydrogens (primary N) is 1. The quantitative estimate of drug-likeness (QED) is 0.0494. The van der Waals surface area contributed by atoms with Gasteiger partial charge in [0, 0.05) is 23.8 Å². The molecule has 0 saturated heterocycles. The molecule has 1 atom stereocenters. The number of amides is 1. The van der Waals surface area contributed by atoms with Gasteiger partial charge in [0.25, 0.3) is 31.7 Å². The fourth-order valence-electron chi connectivity index (χ4n) is 6.79. The molecule has 4 heterocycles. The van der Waals surface area contributed by atoms with Crippen LogP contribution in [-0.4, -0.2) is 82.4 Å². The van der Waals surface area contributed by atoms with Crippen LogP contribution in [0.4, 0.5) is 50.4 Å². The van der Waals surface area contributed by atoms with Crippen molar-refractivity contribution in [2.24, 2.45) is 25.9 Å². The molecule has 0 radical (unpaired) electrons. The maximum absolute atomic E-state index is 14.6. The Morgan fingerprint density at radius 2 is 1.41 bits per heavy atom. The number of aromatic amines is 1. The second-order valence-corrected chi connectivity index (χ2v) is 19.8. The number of carbonyl (C=O) groups excluding carboxylic acids is 1. The van der Waals surface area contributed by atoms with E-state index >= 15 is 0 Å². The molecule has 2 aromatic heterocycles. The smallest absolute Gasteiger partial charge is 0.301 e. The number of H-pyrrole nitrogens is 1. The molecule has 1 amide bonds. The van der Waals surface area contributed by atoms with Crippen LogP contribution in [0.25, 0.3) is 0 Å². The fourth-order valence-corrected chi connectivity index (χ4v) is 9.56. The number of carbonyl (C=O) groups is 1. The molecule has 1 unspecified atom stereocenters. The Morgan fingerprint density at radius 1 is 0.829 bits per heavy atom. The van der Waals surface area contributed by atoms with E-state index in [0.717, 1.165) is 18.2 Å². The molecular weight excluding hydrogens is 1060 g/mol. The van der Waals surface area contributed by atoms with Gasteiger partial charge in [0.05, 0.1) is 5.69 Å². The molecule has 6 aromatic rings. The number of anilines is 4. The monoisotopic (exact) mass is 1080 g/mol. The summed E-state index contributed by atoms with van der Waals surface area (Å²) < 4.78 is 131. The summed E-state index contributed by atoms with van der Waals surface area (Å²) in [6, 6.07) is 6.77. The number of halogens is 4. The van der Waals surface area contributed by atoms with E-state index in [9.17, 15) is 58.0 Å². The molecule has 70 heavy (non-hydrogen) atoms. The topological polar surface area (TPSA) is 402 Å². The number of ether oxygens (including phenoxy) is 2. The highest BCUT2D eigenvalue weighted by Crippen LogP contribution is 2.48. The number of hydrogen-bond donors (Lipinski definition) is 9. The zero-order chi connectivity index (χ0) is 50.9. The van der Waals surface area contributed by atoms with Crippen LogP contribution < -0.4 is 47.4 Å². The van der Waals surface area contributed by atoms with Gasteiger partial charge in [-0.15, -0.1) is 10.2 Å². The van der Waals surface area contributed by atoms with E-state index in [4.69, 9.17) is 50.0 Å². The summed E-state index contributed by atoms with van der Waals surface area (Å²) in [6.07, 6.45) is 0. The third kappa shape index (κ3) is 9.45. The predicted molar refractivity (Wildman–Crippen MR) is 243 cm³/mol. The maximum atomic E-state index is 14.6. The van der Waals surface area contributed by atoms with Crippen molar-refractivity contribution in [2.45, 2.75) is 34.6 Å². The molecule has 0 aliphatic carbocycles. The number of aromatic hydroxyl groups is 1. The van der Waals surface area contributed by atoms with Gasteiger partial charge in [-0.3, -0.25) is 28.2 Å². The summed E-state index contributed by atoms with van der Waals surface area (Å²) in [4.78, 5) is 44.0. The number of primary amides is 1. The standard InChI is InChI=1S/C37H26Cl3FN12O14S3/c1-11(44-36-49-35(40)50-37(51-36)45-13-3-8-19(68(57,58)59)18(9-13)52-53-23-12(2)20(32(42)54)33(55)48-34(23)56)10-43-17-7-6-16-27(31(17)70(63,64)65)67-29-22(39)24-28(21(38)25(29)47-16)66-26-15(46-24)5-4-14(41)30(26)69(60,61)62/h3-9,11,43H,10H2,1-2H3,(H2,42,54)(H2,48,55,56)(H,57,58,59)(H,60,61,62)(H,63,64,65)(H2,44,45,49,50,51). The van der Waals surface area contributed by atoms with E-state index in [0.29, 0.717) is 6.07 Å². The highest BCUT2D eigenvalue weighted by atomic mass is 35.5. The van der Waals surface area contributed by atoms with Gasteiger partial charge >= 0.3 is 10.1 Å². The van der Waals surface area contributed by atoms with E-state index in [1.54, 1.807) is 6.92 Å². The van der Waals surface area contributed by atoms with Crippen LogP contribution >= 0.6 is 34.8 Å². The summed E-state index contributed by atoms with van der Waals surface area (Å²) >= 11 is 19.5. The highest BCUT2D eigenvalue weighted by Gasteiger charge is 2.35. The maximum Gasteiger partial charge on any atom is 0.301 e. The lowest BCUT2D eigenvalue weighted by atomic mass is 10.1. The number of pyridine rings is 1. The molecule has 364 valence electrons. The van der Waals surface area contributed by atoms with Crippen molar-refractivity contribution in [1.29, 1.82) is 0 Å². The fraction of sp³-hybridized carbons (Fsp3) is 0.108. The zero-order valence-electron chi connectivity index (χ0n) is 34.6. The lowest BCUT2D eigenvalue weighted by molar-refractivity contribution is 0.0998. The lowest BCUT2D eigenvalue weighted by Gasteiger charge is -2.23. The van der Waals surface area contributed by atoms with Crippen molar-refractivity contribution in [3.8, 4) is 28.9 Å². The molecule has 0 fully saturated rings. The Hall–Kier alpha value is -7.16. The van der Waals surface area contributed by atoms with Crippen molar-refractivity contribution in [2.75, 3.05) is 22.5 Å². The summed E-state index contributed by atoms with van der Waals surface area (Å²) in [5, 5.41) is 24.8. The van der Waals surface area contributed by atoms with Crippen LogP contribution in [0.1, 0.15) is 22.8 Å². The number of benzene rings is 4. The lowest BCUT2D eigenvalue weighted by Crippen LogP contribution is -2.27. The largest absolute Gasteiger partial charge is 0.493 e. The Kier molecular flexibility index (Phi) is 12.7.